The first-order valence-electron chi connectivity index (χ1n) is 5.95. The second kappa shape index (κ2) is 6.15. The lowest BCUT2D eigenvalue weighted by Gasteiger charge is -2.20. The van der Waals surface area contributed by atoms with Crippen LogP contribution in [0.3, 0.4) is 0 Å². The average Bonchev–Trinajstić information content (AvgIpc) is 2.37. The molecule has 5 nitrogen and oxygen atoms in total. The molecule has 0 aliphatic carbocycles. The lowest BCUT2D eigenvalue weighted by Crippen LogP contribution is -2.38. The first kappa shape index (κ1) is 15.6. The monoisotopic (exact) mass is 282 g/mol. The topological polar surface area (TPSA) is 90.2 Å². The normalized spacial score (nSPS) is 14.7. The molecule has 2 N–H and O–H groups in total. The van der Waals surface area contributed by atoms with Crippen molar-refractivity contribution < 1.29 is 13.5 Å². The van der Waals surface area contributed by atoms with Crippen LogP contribution in [0.4, 0.5) is 0 Å². The summed E-state index contributed by atoms with van der Waals surface area (Å²) in [5.41, 5.74) is 0.879. The van der Waals surface area contributed by atoms with Crippen LogP contribution in [-0.2, 0) is 10.0 Å². The van der Waals surface area contributed by atoms with E-state index in [1.165, 1.54) is 6.07 Å². The van der Waals surface area contributed by atoms with Gasteiger partial charge in [-0.15, -0.1) is 0 Å². The minimum absolute atomic E-state index is 0.0963. The highest BCUT2D eigenvalue weighted by atomic mass is 32.2. The first-order chi connectivity index (χ1) is 8.81. The number of benzene rings is 1. The van der Waals surface area contributed by atoms with Gasteiger partial charge in [0, 0.05) is 12.6 Å². The summed E-state index contributed by atoms with van der Waals surface area (Å²) < 4.78 is 27.0. The quantitative estimate of drug-likeness (QED) is 0.848. The molecule has 0 saturated heterocycles. The van der Waals surface area contributed by atoms with Gasteiger partial charge < -0.3 is 5.11 Å². The zero-order valence-corrected chi connectivity index (χ0v) is 12.0. The number of hydrogen-bond acceptors (Lipinski definition) is 4. The summed E-state index contributed by atoms with van der Waals surface area (Å²) in [5, 5.41) is 17.9. The third kappa shape index (κ3) is 3.77. The molecule has 0 bridgehead atoms. The lowest BCUT2D eigenvalue weighted by molar-refractivity contribution is 0.216. The Bertz CT molecular complexity index is 590. The molecular weight excluding hydrogens is 264 g/mol. The number of aliphatic hydroxyl groups excluding tert-OH is 1. The zero-order valence-electron chi connectivity index (χ0n) is 11.2. The van der Waals surface area contributed by atoms with E-state index in [0.717, 1.165) is 0 Å². The molecule has 1 rings (SSSR count). The van der Waals surface area contributed by atoms with Crippen LogP contribution >= 0.6 is 0 Å². The highest BCUT2D eigenvalue weighted by Gasteiger charge is 2.22. The molecule has 0 aliphatic rings. The van der Waals surface area contributed by atoms with Gasteiger partial charge in [-0.1, -0.05) is 13.0 Å². The molecule has 0 spiro atoms. The van der Waals surface area contributed by atoms with Gasteiger partial charge in [-0.2, -0.15) is 5.26 Å². The zero-order chi connectivity index (χ0) is 14.6. The number of aliphatic hydroxyl groups is 1. The Morgan fingerprint density at radius 1 is 1.42 bits per heavy atom. The van der Waals surface area contributed by atoms with E-state index in [-0.39, 0.29) is 23.5 Å². The predicted octanol–water partition coefficient (Wildman–Crippen LogP) is 1.16. The van der Waals surface area contributed by atoms with Crippen molar-refractivity contribution in [3.05, 3.63) is 29.3 Å². The van der Waals surface area contributed by atoms with Crippen LogP contribution in [0, 0.1) is 24.2 Å². The van der Waals surface area contributed by atoms with Gasteiger partial charge in [0.2, 0.25) is 10.0 Å². The molecule has 19 heavy (non-hydrogen) atoms. The summed E-state index contributed by atoms with van der Waals surface area (Å²) in [6, 6.07) is 6.07. The van der Waals surface area contributed by atoms with Crippen molar-refractivity contribution in [1.82, 2.24) is 4.72 Å². The highest BCUT2D eigenvalue weighted by Crippen LogP contribution is 2.18. The maximum atomic E-state index is 12.2. The van der Waals surface area contributed by atoms with Gasteiger partial charge in [-0.3, -0.25) is 0 Å². The molecule has 0 saturated carbocycles. The molecule has 0 fully saturated rings. The molecule has 0 aliphatic heterocycles. The van der Waals surface area contributed by atoms with Gasteiger partial charge in [0.25, 0.3) is 0 Å². The number of nitriles is 1. The Morgan fingerprint density at radius 2 is 2.05 bits per heavy atom. The minimum Gasteiger partial charge on any atom is -0.396 e. The fourth-order valence-corrected chi connectivity index (χ4v) is 3.16. The van der Waals surface area contributed by atoms with Crippen LogP contribution in [0.1, 0.15) is 25.0 Å². The molecule has 2 atom stereocenters. The summed E-state index contributed by atoms with van der Waals surface area (Å²) in [5.74, 6) is -0.186. The van der Waals surface area contributed by atoms with Crippen molar-refractivity contribution >= 4 is 10.0 Å². The number of rotatable bonds is 5. The standard InChI is InChI=1S/C13H18N2O3S/c1-9-4-5-12(7-14)6-13(9)19(17,18)15-11(3)10(2)8-16/h4-6,10-11,15-16H,8H2,1-3H3. The number of sulfonamides is 1. The largest absolute Gasteiger partial charge is 0.396 e. The van der Waals surface area contributed by atoms with E-state index >= 15 is 0 Å². The van der Waals surface area contributed by atoms with Crippen LogP contribution in [-0.4, -0.2) is 26.2 Å². The number of aryl methyl sites for hydroxylation is 1. The fourth-order valence-electron chi connectivity index (χ4n) is 1.54. The maximum Gasteiger partial charge on any atom is 0.241 e. The predicted molar refractivity (Wildman–Crippen MR) is 71.9 cm³/mol. The van der Waals surface area contributed by atoms with E-state index in [1.807, 2.05) is 6.07 Å². The third-order valence-corrected chi connectivity index (χ3v) is 4.79. The van der Waals surface area contributed by atoms with E-state index in [0.29, 0.717) is 11.1 Å². The van der Waals surface area contributed by atoms with Gasteiger partial charge in [0.05, 0.1) is 16.5 Å². The Labute approximate surface area is 113 Å². The first-order valence-corrected chi connectivity index (χ1v) is 7.44. The van der Waals surface area contributed by atoms with E-state index in [4.69, 9.17) is 10.4 Å². The van der Waals surface area contributed by atoms with E-state index < -0.39 is 10.0 Å². The van der Waals surface area contributed by atoms with E-state index in [1.54, 1.807) is 32.9 Å². The van der Waals surface area contributed by atoms with Crippen molar-refractivity contribution in [2.24, 2.45) is 5.92 Å². The summed E-state index contributed by atoms with van der Waals surface area (Å²) in [7, 11) is -3.69. The smallest absolute Gasteiger partial charge is 0.241 e. The number of nitrogens with zero attached hydrogens (tertiary/aromatic N) is 1. The van der Waals surface area contributed by atoms with Crippen molar-refractivity contribution in [3.8, 4) is 6.07 Å². The summed E-state index contributed by atoms with van der Waals surface area (Å²) in [4.78, 5) is 0.100. The molecule has 6 heteroatoms. The molecule has 0 radical (unpaired) electrons. The summed E-state index contributed by atoms with van der Waals surface area (Å²) in [6.07, 6.45) is 0. The van der Waals surface area contributed by atoms with Crippen LogP contribution in [0.15, 0.2) is 23.1 Å². The SMILES string of the molecule is Cc1ccc(C#N)cc1S(=O)(=O)NC(C)C(C)CO. The van der Waals surface area contributed by atoms with Crippen molar-refractivity contribution in [1.29, 1.82) is 5.26 Å². The number of nitrogens with one attached hydrogen (secondary N) is 1. The minimum atomic E-state index is -3.69. The average molecular weight is 282 g/mol. The molecule has 0 amide bonds. The van der Waals surface area contributed by atoms with Crippen LogP contribution < -0.4 is 4.72 Å². The molecule has 104 valence electrons. The van der Waals surface area contributed by atoms with Gasteiger partial charge in [-0.25, -0.2) is 13.1 Å². The summed E-state index contributed by atoms with van der Waals surface area (Å²) >= 11 is 0. The molecular formula is C13H18N2O3S. The Morgan fingerprint density at radius 3 is 2.58 bits per heavy atom. The van der Waals surface area contributed by atoms with Gasteiger partial charge in [0.15, 0.2) is 0 Å². The summed E-state index contributed by atoms with van der Waals surface area (Å²) in [6.45, 7) is 5.03. The van der Waals surface area contributed by atoms with Crippen molar-refractivity contribution in [2.75, 3.05) is 6.61 Å². The fraction of sp³-hybridized carbons (Fsp3) is 0.462. The second-order valence-corrected chi connectivity index (χ2v) is 6.34. The lowest BCUT2D eigenvalue weighted by atomic mass is 10.1. The van der Waals surface area contributed by atoms with Gasteiger partial charge in [0.1, 0.15) is 0 Å². The van der Waals surface area contributed by atoms with E-state index in [2.05, 4.69) is 4.72 Å². The maximum absolute atomic E-state index is 12.2. The molecule has 0 heterocycles. The van der Waals surface area contributed by atoms with Crippen LogP contribution in [0.5, 0.6) is 0 Å². The van der Waals surface area contributed by atoms with Gasteiger partial charge >= 0.3 is 0 Å². The van der Waals surface area contributed by atoms with Gasteiger partial charge in [-0.05, 0) is 37.5 Å². The van der Waals surface area contributed by atoms with Crippen LogP contribution in [0.25, 0.3) is 0 Å². The van der Waals surface area contributed by atoms with E-state index in [9.17, 15) is 8.42 Å². The molecule has 1 aromatic rings. The Kier molecular flexibility index (Phi) is 5.06. The number of hydrogen-bond donors (Lipinski definition) is 2. The van der Waals surface area contributed by atoms with Crippen molar-refractivity contribution in [2.45, 2.75) is 31.7 Å². The Hall–Kier alpha value is -1.42. The molecule has 0 aromatic heterocycles. The second-order valence-electron chi connectivity index (χ2n) is 4.66. The molecule has 1 aromatic carbocycles. The van der Waals surface area contributed by atoms with Crippen LogP contribution in [0.2, 0.25) is 0 Å². The molecule has 2 unspecified atom stereocenters. The highest BCUT2D eigenvalue weighted by molar-refractivity contribution is 7.89. The third-order valence-electron chi connectivity index (χ3n) is 3.09. The Balaban J connectivity index is 3.11. The van der Waals surface area contributed by atoms with Crippen molar-refractivity contribution in [3.63, 3.8) is 0 Å².